The zero-order chi connectivity index (χ0) is 16.1. The van der Waals surface area contributed by atoms with Crippen LogP contribution >= 0.6 is 11.3 Å². The zero-order valence-electron chi connectivity index (χ0n) is 13.6. The third-order valence-corrected chi connectivity index (χ3v) is 5.33. The van der Waals surface area contributed by atoms with Crippen LogP contribution in [-0.2, 0) is 19.3 Å². The molecular formula is C19H23NO2S. The summed E-state index contributed by atoms with van der Waals surface area (Å²) in [5.41, 5.74) is 3.40. The minimum absolute atomic E-state index is 0.0790. The summed E-state index contributed by atoms with van der Waals surface area (Å²) >= 11 is 1.74. The Hall–Kier alpha value is -1.81. The minimum Gasteiger partial charge on any atom is -0.494 e. The van der Waals surface area contributed by atoms with Gasteiger partial charge in [0.25, 0.3) is 5.91 Å². The number of benzene rings is 1. The lowest BCUT2D eigenvalue weighted by atomic mass is 9.95. The van der Waals surface area contributed by atoms with Crippen molar-refractivity contribution >= 4 is 17.2 Å². The minimum atomic E-state index is 0.0790. The Morgan fingerprint density at radius 1 is 1.22 bits per heavy atom. The maximum atomic E-state index is 12.4. The number of rotatable bonds is 6. The van der Waals surface area contributed by atoms with Crippen LogP contribution in [0.15, 0.2) is 29.6 Å². The van der Waals surface area contributed by atoms with Gasteiger partial charge < -0.3 is 10.1 Å². The first-order chi connectivity index (χ1) is 11.3. The number of ether oxygens (including phenoxy) is 1. The molecule has 1 amide bonds. The topological polar surface area (TPSA) is 38.3 Å². The number of thiophene rings is 1. The van der Waals surface area contributed by atoms with Gasteiger partial charge in [0, 0.05) is 16.8 Å². The highest BCUT2D eigenvalue weighted by atomic mass is 32.1. The van der Waals surface area contributed by atoms with Gasteiger partial charge in [-0.3, -0.25) is 4.79 Å². The molecule has 1 heterocycles. The van der Waals surface area contributed by atoms with Gasteiger partial charge >= 0.3 is 0 Å². The first-order valence-corrected chi connectivity index (χ1v) is 9.25. The summed E-state index contributed by atoms with van der Waals surface area (Å²) in [5, 5.41) is 5.09. The van der Waals surface area contributed by atoms with Crippen LogP contribution in [0.2, 0.25) is 0 Å². The highest BCUT2D eigenvalue weighted by Crippen LogP contribution is 2.30. The molecule has 0 saturated carbocycles. The molecule has 1 aliphatic carbocycles. The molecule has 1 N–H and O–H groups in total. The van der Waals surface area contributed by atoms with Crippen molar-refractivity contribution in [1.29, 1.82) is 0 Å². The van der Waals surface area contributed by atoms with Gasteiger partial charge in [-0.15, -0.1) is 11.3 Å². The van der Waals surface area contributed by atoms with Crippen LogP contribution in [0.1, 0.15) is 46.1 Å². The molecular weight excluding hydrogens is 306 g/mol. The lowest BCUT2D eigenvalue weighted by Gasteiger charge is -2.12. The molecule has 0 radical (unpaired) electrons. The number of carbonyl (C=O) groups is 1. The summed E-state index contributed by atoms with van der Waals surface area (Å²) in [6.45, 7) is 3.32. The van der Waals surface area contributed by atoms with Gasteiger partial charge in [0.2, 0.25) is 0 Å². The molecule has 1 aliphatic rings. The smallest absolute Gasteiger partial charge is 0.252 e. The highest BCUT2D eigenvalue weighted by Gasteiger charge is 2.19. The molecule has 0 saturated heterocycles. The Morgan fingerprint density at radius 2 is 2.00 bits per heavy atom. The van der Waals surface area contributed by atoms with E-state index in [1.807, 2.05) is 24.4 Å². The maximum absolute atomic E-state index is 12.4. The molecule has 0 bridgehead atoms. The number of fused-ring (bicyclic) bond motifs is 1. The van der Waals surface area contributed by atoms with E-state index >= 15 is 0 Å². The first kappa shape index (κ1) is 16.1. The van der Waals surface area contributed by atoms with Crippen LogP contribution in [0.5, 0.6) is 5.75 Å². The molecule has 4 heteroatoms. The monoisotopic (exact) mass is 329 g/mol. The van der Waals surface area contributed by atoms with Gasteiger partial charge in [0.15, 0.2) is 0 Å². The molecule has 1 aromatic carbocycles. The van der Waals surface area contributed by atoms with Crippen LogP contribution in [0.4, 0.5) is 0 Å². The number of hydrogen-bond donors (Lipinski definition) is 1. The zero-order valence-corrected chi connectivity index (χ0v) is 14.4. The fourth-order valence-electron chi connectivity index (χ4n) is 3.02. The lowest BCUT2D eigenvalue weighted by molar-refractivity contribution is 0.0953. The third kappa shape index (κ3) is 3.94. The highest BCUT2D eigenvalue weighted by molar-refractivity contribution is 7.10. The second-order valence-electron chi connectivity index (χ2n) is 5.84. The summed E-state index contributed by atoms with van der Waals surface area (Å²) in [6, 6.07) is 8.08. The Labute approximate surface area is 141 Å². The largest absolute Gasteiger partial charge is 0.494 e. The Kier molecular flexibility index (Phi) is 5.34. The average Bonchev–Trinajstić information content (AvgIpc) is 3.01. The number of hydrogen-bond acceptors (Lipinski definition) is 3. The van der Waals surface area contributed by atoms with Crippen LogP contribution in [0.3, 0.4) is 0 Å². The summed E-state index contributed by atoms with van der Waals surface area (Å²) in [6.07, 6.45) is 5.49. The summed E-state index contributed by atoms with van der Waals surface area (Å²) in [5.74, 6) is 0.973. The second kappa shape index (κ2) is 7.64. The van der Waals surface area contributed by atoms with E-state index in [1.165, 1.54) is 28.8 Å². The molecule has 0 aliphatic heterocycles. The summed E-state index contributed by atoms with van der Waals surface area (Å²) in [7, 11) is 0. The van der Waals surface area contributed by atoms with E-state index < -0.39 is 0 Å². The molecule has 3 rings (SSSR count). The van der Waals surface area contributed by atoms with E-state index in [4.69, 9.17) is 4.74 Å². The summed E-state index contributed by atoms with van der Waals surface area (Å²) in [4.78, 5) is 13.8. The normalized spacial score (nSPS) is 13.4. The van der Waals surface area contributed by atoms with E-state index in [0.29, 0.717) is 13.2 Å². The molecule has 0 fully saturated rings. The average molecular weight is 329 g/mol. The van der Waals surface area contributed by atoms with Crippen molar-refractivity contribution in [3.8, 4) is 5.75 Å². The van der Waals surface area contributed by atoms with Gasteiger partial charge in [-0.05, 0) is 62.3 Å². The molecule has 122 valence electrons. The van der Waals surface area contributed by atoms with E-state index in [-0.39, 0.29) is 5.91 Å². The van der Waals surface area contributed by atoms with Crippen molar-refractivity contribution in [2.75, 3.05) is 13.2 Å². The Bertz CT molecular complexity index is 661. The first-order valence-electron chi connectivity index (χ1n) is 8.37. The van der Waals surface area contributed by atoms with Crippen LogP contribution < -0.4 is 10.1 Å². The van der Waals surface area contributed by atoms with E-state index in [0.717, 1.165) is 30.6 Å². The number of amides is 1. The van der Waals surface area contributed by atoms with Gasteiger partial charge in [0.05, 0.1) is 12.2 Å². The third-order valence-electron chi connectivity index (χ3n) is 4.24. The fraction of sp³-hybridized carbons (Fsp3) is 0.421. The van der Waals surface area contributed by atoms with Crippen molar-refractivity contribution in [3.63, 3.8) is 0 Å². The van der Waals surface area contributed by atoms with Crippen molar-refractivity contribution in [2.24, 2.45) is 0 Å². The van der Waals surface area contributed by atoms with Crippen molar-refractivity contribution in [3.05, 3.63) is 51.2 Å². The molecule has 3 nitrogen and oxygen atoms in total. The number of carbonyl (C=O) groups excluding carboxylic acids is 1. The van der Waals surface area contributed by atoms with Gasteiger partial charge in [-0.25, -0.2) is 0 Å². The van der Waals surface area contributed by atoms with Crippen molar-refractivity contribution in [1.82, 2.24) is 5.32 Å². The van der Waals surface area contributed by atoms with Crippen LogP contribution in [0.25, 0.3) is 0 Å². The Morgan fingerprint density at radius 3 is 2.78 bits per heavy atom. The molecule has 2 aromatic rings. The van der Waals surface area contributed by atoms with E-state index in [2.05, 4.69) is 17.4 Å². The summed E-state index contributed by atoms with van der Waals surface area (Å²) < 4.78 is 5.44. The predicted octanol–water partition coefficient (Wildman–Crippen LogP) is 4.00. The second-order valence-corrected chi connectivity index (χ2v) is 6.81. The number of nitrogens with one attached hydrogen (secondary N) is 1. The maximum Gasteiger partial charge on any atom is 0.252 e. The Balaban J connectivity index is 1.52. The standard InChI is InChI=1S/C19H23NO2S/c1-2-22-15-9-7-14(8-10-15)11-12-20-19(21)17-13-23-18-6-4-3-5-16(17)18/h7-10,13H,2-6,11-12H2,1H3,(H,20,21). The molecule has 0 spiro atoms. The van der Waals surface area contributed by atoms with Crippen LogP contribution in [-0.4, -0.2) is 19.1 Å². The lowest BCUT2D eigenvalue weighted by Crippen LogP contribution is -2.26. The fourth-order valence-corrected chi connectivity index (χ4v) is 4.14. The van der Waals surface area contributed by atoms with E-state index in [1.54, 1.807) is 11.3 Å². The van der Waals surface area contributed by atoms with Crippen molar-refractivity contribution < 1.29 is 9.53 Å². The SMILES string of the molecule is CCOc1ccc(CCNC(=O)c2csc3c2CCCC3)cc1. The van der Waals surface area contributed by atoms with E-state index in [9.17, 15) is 4.79 Å². The molecule has 0 atom stereocenters. The molecule has 0 unspecified atom stereocenters. The van der Waals surface area contributed by atoms with Gasteiger partial charge in [0.1, 0.15) is 5.75 Å². The van der Waals surface area contributed by atoms with Gasteiger partial charge in [-0.1, -0.05) is 12.1 Å². The van der Waals surface area contributed by atoms with Crippen molar-refractivity contribution in [2.45, 2.75) is 39.0 Å². The molecule has 1 aromatic heterocycles. The molecule has 23 heavy (non-hydrogen) atoms. The number of aryl methyl sites for hydroxylation is 1. The van der Waals surface area contributed by atoms with Gasteiger partial charge in [-0.2, -0.15) is 0 Å². The quantitative estimate of drug-likeness (QED) is 0.870. The van der Waals surface area contributed by atoms with Crippen LogP contribution in [0, 0.1) is 0 Å². The predicted molar refractivity (Wildman–Crippen MR) is 94.6 cm³/mol.